The van der Waals surface area contributed by atoms with Gasteiger partial charge in [0.25, 0.3) is 0 Å². The van der Waals surface area contributed by atoms with Crippen LogP contribution in [0.1, 0.15) is 39.9 Å². The van der Waals surface area contributed by atoms with Gasteiger partial charge in [-0.15, -0.1) is 0 Å². The molecule has 0 aliphatic carbocycles. The number of aryl methyl sites for hydroxylation is 2. The quantitative estimate of drug-likeness (QED) is 0.448. The lowest BCUT2D eigenvalue weighted by atomic mass is 9.82. The molecule has 3 aromatic carbocycles. The van der Waals surface area contributed by atoms with Crippen LogP contribution in [0.25, 0.3) is 0 Å². The number of amides is 1. The maximum Gasteiger partial charge on any atom is 0.242 e. The van der Waals surface area contributed by atoms with Crippen LogP contribution < -0.4 is 20.3 Å². The van der Waals surface area contributed by atoms with Gasteiger partial charge >= 0.3 is 0 Å². The second-order valence-corrected chi connectivity index (χ2v) is 9.81. The zero-order valence-corrected chi connectivity index (χ0v) is 21.4. The average molecular weight is 506 g/mol. The molecule has 8 heteroatoms. The summed E-state index contributed by atoms with van der Waals surface area (Å²) in [6.45, 7) is 4.33. The number of benzene rings is 3. The van der Waals surface area contributed by atoms with Crippen LogP contribution in [0, 0.1) is 25.6 Å². The van der Waals surface area contributed by atoms with Crippen molar-refractivity contribution in [1.29, 1.82) is 0 Å². The molecule has 2 fully saturated rings. The normalized spacial score (nSPS) is 22.8. The minimum absolute atomic E-state index is 0.0290. The molecule has 3 aromatic rings. The van der Waals surface area contributed by atoms with Crippen molar-refractivity contribution in [2.75, 3.05) is 20.8 Å². The Bertz CT molecular complexity index is 1310. The number of hydrogen-bond donors (Lipinski definition) is 3. The number of methoxy groups -OCH3 is 2. The Morgan fingerprint density at radius 2 is 1.65 bits per heavy atom. The number of carbonyl (C=O) groups is 1. The highest BCUT2D eigenvalue weighted by molar-refractivity contribution is 5.86. The van der Waals surface area contributed by atoms with Crippen molar-refractivity contribution < 1.29 is 23.8 Å². The van der Waals surface area contributed by atoms with Crippen LogP contribution in [0.3, 0.4) is 0 Å². The van der Waals surface area contributed by atoms with Crippen molar-refractivity contribution in [3.63, 3.8) is 0 Å². The van der Waals surface area contributed by atoms with Gasteiger partial charge in [-0.2, -0.15) is 0 Å². The number of ether oxygens (including phenoxy) is 2. The summed E-state index contributed by atoms with van der Waals surface area (Å²) < 4.78 is 24.6. The molecule has 4 unspecified atom stereocenters. The molecule has 1 amide bonds. The topological polar surface area (TPSA) is 83.1 Å². The third-order valence-corrected chi connectivity index (χ3v) is 7.52. The second-order valence-electron chi connectivity index (χ2n) is 9.81. The molecule has 2 heterocycles. The Balaban J connectivity index is 1.50. The minimum atomic E-state index is -0.481. The molecule has 0 saturated carbocycles. The van der Waals surface area contributed by atoms with Gasteiger partial charge in [0.15, 0.2) is 11.5 Å². The molecule has 3 N–H and O–H groups in total. The SMILES string of the molecule is COc1ccc(CCN2C(=O)C3NNC(c4cc(C)cc(C)c4O)C3C2c2ccc(F)cc2)cc1OC. The molecule has 37 heavy (non-hydrogen) atoms. The first-order valence-electron chi connectivity index (χ1n) is 12.4. The first-order chi connectivity index (χ1) is 17.8. The van der Waals surface area contributed by atoms with E-state index in [-0.39, 0.29) is 35.5 Å². The lowest BCUT2D eigenvalue weighted by molar-refractivity contribution is -0.130. The molecule has 194 valence electrons. The van der Waals surface area contributed by atoms with Crippen LogP contribution in [0.4, 0.5) is 4.39 Å². The number of phenolic OH excluding ortho intramolecular Hbond substituents is 1. The van der Waals surface area contributed by atoms with Crippen molar-refractivity contribution in [1.82, 2.24) is 15.8 Å². The molecular formula is C29H32FN3O4. The van der Waals surface area contributed by atoms with Crippen LogP contribution in [-0.4, -0.2) is 42.7 Å². The molecule has 0 bridgehead atoms. The van der Waals surface area contributed by atoms with Gasteiger partial charge in [-0.05, 0) is 61.2 Å². The van der Waals surface area contributed by atoms with Crippen molar-refractivity contribution >= 4 is 5.91 Å². The monoisotopic (exact) mass is 505 g/mol. The predicted molar refractivity (Wildman–Crippen MR) is 138 cm³/mol. The molecule has 2 aliphatic rings. The minimum Gasteiger partial charge on any atom is -0.507 e. The summed E-state index contributed by atoms with van der Waals surface area (Å²) in [5, 5.41) is 10.9. The lowest BCUT2D eigenvalue weighted by Gasteiger charge is -2.32. The number of nitrogens with one attached hydrogen (secondary N) is 2. The van der Waals surface area contributed by atoms with E-state index in [1.54, 1.807) is 26.4 Å². The van der Waals surface area contributed by atoms with E-state index in [1.165, 1.54) is 12.1 Å². The van der Waals surface area contributed by atoms with E-state index >= 15 is 0 Å². The number of rotatable bonds is 7. The molecule has 4 atom stereocenters. The number of hydrogen-bond acceptors (Lipinski definition) is 6. The molecule has 2 saturated heterocycles. The van der Waals surface area contributed by atoms with E-state index < -0.39 is 6.04 Å². The summed E-state index contributed by atoms with van der Waals surface area (Å²) in [5.74, 6) is 0.936. The summed E-state index contributed by atoms with van der Waals surface area (Å²) in [5.41, 5.74) is 10.9. The zero-order chi connectivity index (χ0) is 26.3. The highest BCUT2D eigenvalue weighted by Crippen LogP contribution is 2.49. The number of hydrazine groups is 1. The number of carbonyl (C=O) groups excluding carboxylic acids is 1. The van der Waals surface area contributed by atoms with Gasteiger partial charge in [0.05, 0.1) is 26.3 Å². The smallest absolute Gasteiger partial charge is 0.242 e. The molecule has 2 aliphatic heterocycles. The molecule has 5 rings (SSSR count). The molecular weight excluding hydrogens is 473 g/mol. The number of halogens is 1. The third-order valence-electron chi connectivity index (χ3n) is 7.52. The van der Waals surface area contributed by atoms with Crippen molar-refractivity contribution in [2.45, 2.75) is 38.4 Å². The van der Waals surface area contributed by atoms with Gasteiger partial charge in [-0.3, -0.25) is 4.79 Å². The van der Waals surface area contributed by atoms with E-state index in [9.17, 15) is 14.3 Å². The van der Waals surface area contributed by atoms with Gasteiger partial charge in [-0.25, -0.2) is 15.2 Å². The highest BCUT2D eigenvalue weighted by atomic mass is 19.1. The maximum atomic E-state index is 13.8. The van der Waals surface area contributed by atoms with Crippen molar-refractivity contribution in [2.24, 2.45) is 5.92 Å². The fourth-order valence-electron chi connectivity index (χ4n) is 5.79. The van der Waals surface area contributed by atoms with E-state index in [0.717, 1.165) is 27.8 Å². The Labute approximate surface area is 216 Å². The summed E-state index contributed by atoms with van der Waals surface area (Å²) in [4.78, 5) is 15.6. The largest absolute Gasteiger partial charge is 0.507 e. The first-order valence-corrected chi connectivity index (χ1v) is 12.4. The number of nitrogens with zero attached hydrogens (tertiary/aromatic N) is 1. The van der Waals surface area contributed by atoms with Gasteiger partial charge < -0.3 is 19.5 Å². The predicted octanol–water partition coefficient (Wildman–Crippen LogP) is 4.13. The summed E-state index contributed by atoms with van der Waals surface area (Å²) in [6.07, 6.45) is 0.607. The lowest BCUT2D eigenvalue weighted by Crippen LogP contribution is -2.42. The fraction of sp³-hybridized carbons (Fsp3) is 0.345. The third kappa shape index (κ3) is 4.51. The van der Waals surface area contributed by atoms with Gasteiger partial charge in [0, 0.05) is 18.0 Å². The van der Waals surface area contributed by atoms with Gasteiger partial charge in [0.1, 0.15) is 17.6 Å². The first kappa shape index (κ1) is 25.0. The Morgan fingerprint density at radius 1 is 0.946 bits per heavy atom. The van der Waals surface area contributed by atoms with E-state index in [1.807, 2.05) is 49.1 Å². The standard InChI is InChI=1S/C29H32FN3O4/c1-16-13-17(2)28(34)21(14-16)25-24-26(32-31-25)29(35)33(27(24)19-6-8-20(30)9-7-19)12-11-18-5-10-22(36-3)23(15-18)37-4/h5-10,13-15,24-27,31-32,34H,11-12H2,1-4H3. The van der Waals surface area contributed by atoms with Crippen LogP contribution in [-0.2, 0) is 11.2 Å². The number of fused-ring (bicyclic) bond motifs is 1. The van der Waals surface area contributed by atoms with E-state index in [0.29, 0.717) is 24.5 Å². The molecule has 0 spiro atoms. The highest BCUT2D eigenvalue weighted by Gasteiger charge is 2.55. The molecule has 0 radical (unpaired) electrons. The van der Waals surface area contributed by atoms with Crippen molar-refractivity contribution in [3.05, 3.63) is 88.2 Å². The van der Waals surface area contributed by atoms with E-state index in [2.05, 4.69) is 10.9 Å². The van der Waals surface area contributed by atoms with Crippen LogP contribution >= 0.6 is 0 Å². The van der Waals surface area contributed by atoms with Gasteiger partial charge in [0.2, 0.25) is 5.91 Å². The maximum absolute atomic E-state index is 13.8. The number of phenols is 1. The van der Waals surface area contributed by atoms with Crippen LogP contribution in [0.5, 0.6) is 17.2 Å². The van der Waals surface area contributed by atoms with Gasteiger partial charge in [-0.1, -0.05) is 35.9 Å². The number of likely N-dealkylation sites (tertiary alicyclic amines) is 1. The summed E-state index contributed by atoms with van der Waals surface area (Å²) in [6, 6.07) is 14.9. The average Bonchev–Trinajstić information content (AvgIpc) is 3.44. The van der Waals surface area contributed by atoms with Crippen LogP contribution in [0.2, 0.25) is 0 Å². The Kier molecular flexibility index (Phi) is 6.79. The zero-order valence-electron chi connectivity index (χ0n) is 21.4. The number of aromatic hydroxyl groups is 1. The van der Waals surface area contributed by atoms with Crippen molar-refractivity contribution in [3.8, 4) is 17.2 Å². The summed E-state index contributed by atoms with van der Waals surface area (Å²) in [7, 11) is 3.19. The molecule has 0 aromatic heterocycles. The summed E-state index contributed by atoms with van der Waals surface area (Å²) >= 11 is 0. The molecule has 7 nitrogen and oxygen atoms in total. The van der Waals surface area contributed by atoms with E-state index in [4.69, 9.17) is 9.47 Å². The second kappa shape index (κ2) is 10.0. The fourth-order valence-corrected chi connectivity index (χ4v) is 5.79. The van der Waals surface area contributed by atoms with Crippen LogP contribution in [0.15, 0.2) is 54.6 Å². The Morgan fingerprint density at radius 3 is 2.35 bits per heavy atom. The Hall–Kier alpha value is -3.62.